The molecule has 0 radical (unpaired) electrons. The fourth-order valence-electron chi connectivity index (χ4n) is 10.6. The maximum Gasteiger partial charge on any atom is 0.495 e. The molecule has 4 fully saturated rings. The summed E-state index contributed by atoms with van der Waals surface area (Å²) in [6, 6.07) is 70.0. The Hall–Kier alpha value is -6.29. The Kier molecular flexibility index (Phi) is 9.00. The molecule has 9 heteroatoms. The van der Waals surface area contributed by atoms with Gasteiger partial charge in [-0.05, 0) is 82.1 Å². The van der Waals surface area contributed by atoms with Gasteiger partial charge in [-0.3, -0.25) is 0 Å². The molecule has 300 valence electrons. The second kappa shape index (κ2) is 15.2. The van der Waals surface area contributed by atoms with Gasteiger partial charge in [-0.1, -0.05) is 200 Å². The molecule has 0 aromatic heterocycles. The molecular weight excluding hydrogens is 777 g/mol. The van der Waals surface area contributed by atoms with Gasteiger partial charge in [-0.25, -0.2) is 0 Å². The van der Waals surface area contributed by atoms with Gasteiger partial charge in [0, 0.05) is 0 Å². The predicted molar refractivity (Wildman–Crippen MR) is 254 cm³/mol. The Balaban J connectivity index is 0.896. The number of hydrogen-bond acceptors (Lipinski definition) is 6. The summed E-state index contributed by atoms with van der Waals surface area (Å²) >= 11 is 0. The summed E-state index contributed by atoms with van der Waals surface area (Å²) in [6.45, 7) is 0. The first-order valence-corrected chi connectivity index (χ1v) is 21.9. The molecule has 9 aromatic carbocycles. The van der Waals surface area contributed by atoms with E-state index in [1.54, 1.807) is 0 Å². The van der Waals surface area contributed by atoms with E-state index >= 15 is 0 Å². The van der Waals surface area contributed by atoms with Crippen molar-refractivity contribution >= 4 is 70.1 Å². The molecule has 4 aliphatic rings. The molecule has 6 nitrogen and oxygen atoms in total. The van der Waals surface area contributed by atoms with E-state index < -0.39 is 58.0 Å². The summed E-state index contributed by atoms with van der Waals surface area (Å²) < 4.78 is 42.5. The van der Waals surface area contributed by atoms with Crippen molar-refractivity contribution in [2.45, 2.75) is 36.6 Å². The fraction of sp³-hybridized carbons (Fsp3) is 0.111. The zero-order valence-electron chi connectivity index (χ0n) is 34.2. The first-order chi connectivity index (χ1) is 31.2. The number of benzene rings is 9. The highest BCUT2D eigenvalue weighted by Gasteiger charge is 2.66. The molecule has 13 rings (SSSR count). The van der Waals surface area contributed by atoms with Gasteiger partial charge < -0.3 is 27.9 Å². The summed E-state index contributed by atoms with van der Waals surface area (Å²) in [6.07, 6.45) is -2.95. The monoisotopic (exact) mass is 816 g/mol. The van der Waals surface area contributed by atoms with Gasteiger partial charge >= 0.3 is 21.4 Å². The second-order valence-corrected chi connectivity index (χ2v) is 16.9. The molecule has 63 heavy (non-hydrogen) atoms. The van der Waals surface area contributed by atoms with Gasteiger partial charge in [-0.2, -0.15) is 0 Å². The van der Waals surface area contributed by atoms with Crippen molar-refractivity contribution < 1.29 is 27.9 Å². The lowest BCUT2D eigenvalue weighted by Gasteiger charge is -2.40. The average molecular weight is 816 g/mol. The van der Waals surface area contributed by atoms with Gasteiger partial charge in [0.25, 0.3) is 0 Å². The minimum atomic E-state index is -0.670. The van der Waals surface area contributed by atoms with Crippen molar-refractivity contribution in [3.05, 3.63) is 200 Å². The summed E-state index contributed by atoms with van der Waals surface area (Å²) in [5, 5.41) is 6.64. The van der Waals surface area contributed by atoms with Crippen LogP contribution >= 0.6 is 0 Å². The van der Waals surface area contributed by atoms with Crippen molar-refractivity contribution in [1.82, 2.24) is 0 Å². The zero-order valence-corrected chi connectivity index (χ0v) is 34.2. The van der Waals surface area contributed by atoms with Crippen molar-refractivity contribution in [1.29, 1.82) is 0 Å². The number of fused-ring (bicyclic) bond motifs is 9. The van der Waals surface area contributed by atoms with Crippen LogP contribution in [0.1, 0.15) is 0 Å². The molecule has 1 aliphatic carbocycles. The standard InChI is InChI=1S/C54H39B3O6/c1-4-16-34(17-5-1)37-28-31-46(43-25-13-10-22-40(37)43)55-58-49-50(59-55)52-54(63-57(61-52)48-33-30-39(36-20-8-3-9-21-36)42-24-12-15-27-45(42)48)53-51(49)60-56(62-53)47-32-29-38(35-18-6-2-7-19-35)41-23-11-14-26-44(41)47/h1-33,49-54H. The summed E-state index contributed by atoms with van der Waals surface area (Å²) in [5.74, 6) is 0. The molecule has 0 spiro atoms. The Bertz CT molecular complexity index is 2790. The molecule has 0 bridgehead atoms. The maximum atomic E-state index is 7.09. The van der Waals surface area contributed by atoms with Crippen molar-refractivity contribution in [2.75, 3.05) is 0 Å². The fourth-order valence-corrected chi connectivity index (χ4v) is 10.6. The van der Waals surface area contributed by atoms with Crippen LogP contribution in [0.2, 0.25) is 0 Å². The largest absolute Gasteiger partial charge is 0.495 e. The molecule has 0 atom stereocenters. The van der Waals surface area contributed by atoms with Crippen molar-refractivity contribution in [2.24, 2.45) is 0 Å². The third-order valence-electron chi connectivity index (χ3n) is 13.5. The second-order valence-electron chi connectivity index (χ2n) is 16.9. The van der Waals surface area contributed by atoms with Crippen LogP contribution in [0.5, 0.6) is 0 Å². The molecule has 9 aromatic rings. The quantitative estimate of drug-likeness (QED) is 0.156. The van der Waals surface area contributed by atoms with Gasteiger partial charge in [0.2, 0.25) is 0 Å². The summed E-state index contributed by atoms with van der Waals surface area (Å²) in [4.78, 5) is 0. The number of rotatable bonds is 6. The van der Waals surface area contributed by atoms with Crippen LogP contribution in [-0.4, -0.2) is 58.0 Å². The summed E-state index contributed by atoms with van der Waals surface area (Å²) in [7, 11) is -2.01. The molecule has 1 saturated carbocycles. The van der Waals surface area contributed by atoms with E-state index in [4.69, 9.17) is 27.9 Å². The Morgan fingerprint density at radius 1 is 0.222 bits per heavy atom. The van der Waals surface area contributed by atoms with Crippen LogP contribution in [0.25, 0.3) is 65.7 Å². The van der Waals surface area contributed by atoms with Crippen LogP contribution in [0.15, 0.2) is 200 Å². The summed E-state index contributed by atoms with van der Waals surface area (Å²) in [5.41, 5.74) is 9.84. The smallest absolute Gasteiger partial charge is 0.399 e. The van der Waals surface area contributed by atoms with E-state index in [9.17, 15) is 0 Å². The van der Waals surface area contributed by atoms with Gasteiger partial charge in [-0.15, -0.1) is 0 Å². The third-order valence-corrected chi connectivity index (χ3v) is 13.5. The average Bonchev–Trinajstić information content (AvgIpc) is 4.12. The molecular formula is C54H39B3O6. The highest BCUT2D eigenvalue weighted by molar-refractivity contribution is 6.67. The van der Waals surface area contributed by atoms with Crippen molar-refractivity contribution in [3.8, 4) is 33.4 Å². The van der Waals surface area contributed by atoms with E-state index in [1.165, 1.54) is 0 Å². The minimum Gasteiger partial charge on any atom is -0.399 e. The Morgan fingerprint density at radius 3 is 0.698 bits per heavy atom. The van der Waals surface area contributed by atoms with Crippen LogP contribution in [0, 0.1) is 0 Å². The van der Waals surface area contributed by atoms with Crippen LogP contribution in [0.4, 0.5) is 0 Å². The first kappa shape index (κ1) is 37.3. The highest BCUT2D eigenvalue weighted by Crippen LogP contribution is 2.44. The molecule has 3 heterocycles. The van der Waals surface area contributed by atoms with E-state index in [1.807, 2.05) is 18.2 Å². The molecule has 3 aliphatic heterocycles. The maximum absolute atomic E-state index is 7.09. The van der Waals surface area contributed by atoms with Gasteiger partial charge in [0.15, 0.2) is 0 Å². The van der Waals surface area contributed by atoms with E-state index in [-0.39, 0.29) is 0 Å². The van der Waals surface area contributed by atoms with Crippen molar-refractivity contribution in [3.63, 3.8) is 0 Å². The zero-order chi connectivity index (χ0) is 41.4. The van der Waals surface area contributed by atoms with Crippen LogP contribution < -0.4 is 16.4 Å². The molecule has 3 saturated heterocycles. The van der Waals surface area contributed by atoms with Gasteiger partial charge in [0.05, 0.1) is 36.6 Å². The molecule has 0 amide bonds. The lowest BCUT2D eigenvalue weighted by molar-refractivity contribution is -0.106. The van der Waals surface area contributed by atoms with E-state index in [0.29, 0.717) is 0 Å². The predicted octanol–water partition coefficient (Wildman–Crippen LogP) is 9.00. The molecule has 0 unspecified atom stereocenters. The number of hydrogen-bond donors (Lipinski definition) is 0. The van der Waals surface area contributed by atoms with Crippen LogP contribution in [-0.2, 0) is 27.9 Å². The lowest BCUT2D eigenvalue weighted by atomic mass is 9.75. The topological polar surface area (TPSA) is 55.4 Å². The van der Waals surface area contributed by atoms with Gasteiger partial charge in [0.1, 0.15) is 0 Å². The Labute approximate surface area is 366 Å². The Morgan fingerprint density at radius 2 is 0.444 bits per heavy atom. The SMILES string of the molecule is c1ccc(-c2ccc(B3OC4C5OB(c6ccc(-c7ccccc7)c7ccccc67)OC5C5OB(c6ccc(-c7ccccc7)c7ccccc67)OC5C4O3)c3ccccc23)cc1. The van der Waals surface area contributed by atoms with E-state index in [2.05, 4.69) is 182 Å². The lowest BCUT2D eigenvalue weighted by Crippen LogP contribution is -2.60. The first-order valence-electron chi connectivity index (χ1n) is 21.9. The minimum absolute atomic E-state index is 0.492. The molecule has 0 N–H and O–H groups in total. The van der Waals surface area contributed by atoms with E-state index in [0.717, 1.165) is 82.1 Å². The third kappa shape index (κ3) is 6.15. The van der Waals surface area contributed by atoms with Crippen LogP contribution in [0.3, 0.4) is 0 Å². The highest BCUT2D eigenvalue weighted by atomic mass is 16.7. The normalized spacial score (nSPS) is 22.8.